The van der Waals surface area contributed by atoms with Crippen LogP contribution >= 0.6 is 15.9 Å². The Balaban J connectivity index is 1.40. The molecule has 0 N–H and O–H groups in total. The fourth-order valence-corrected chi connectivity index (χ4v) is 3.78. The predicted molar refractivity (Wildman–Crippen MR) is 125 cm³/mol. The number of rotatable bonds is 9. The largest absolute Gasteiger partial charge is 0.497 e. The molecule has 5 rings (SSSR count). The lowest BCUT2D eigenvalue weighted by Crippen LogP contribution is -2.09. The molecule has 0 amide bonds. The molecule has 0 spiro atoms. The number of methoxy groups -OCH3 is 1. The minimum absolute atomic E-state index is 0.0291. The maximum absolute atomic E-state index is 14.5. The number of ether oxygens (including phenoxy) is 2. The summed E-state index contributed by atoms with van der Waals surface area (Å²) in [5.74, 6) is 1.11. The number of benzene rings is 2. The van der Waals surface area contributed by atoms with E-state index in [1.165, 1.54) is 12.5 Å². The molecule has 0 saturated carbocycles. The molecule has 0 unspecified atom stereocenters. The zero-order valence-electron chi connectivity index (χ0n) is 18.8. The molecule has 0 bridgehead atoms. The summed E-state index contributed by atoms with van der Waals surface area (Å²) >= 11 is 2.99. The van der Waals surface area contributed by atoms with E-state index in [-0.39, 0.29) is 41.2 Å². The van der Waals surface area contributed by atoms with Gasteiger partial charge in [0.1, 0.15) is 42.6 Å². The molecule has 5 aromatic rings. The topological polar surface area (TPSA) is 101 Å². The van der Waals surface area contributed by atoms with Crippen molar-refractivity contribution in [1.82, 2.24) is 24.9 Å². The average molecular weight is 558 g/mol. The van der Waals surface area contributed by atoms with E-state index < -0.39 is 11.6 Å². The highest BCUT2D eigenvalue weighted by Gasteiger charge is 2.22. The van der Waals surface area contributed by atoms with Crippen LogP contribution in [0.25, 0.3) is 11.6 Å². The van der Waals surface area contributed by atoms with Crippen LogP contribution in [0.4, 0.5) is 8.78 Å². The highest BCUT2D eigenvalue weighted by Crippen LogP contribution is 2.27. The van der Waals surface area contributed by atoms with Gasteiger partial charge in [-0.15, -0.1) is 10.2 Å². The quantitative estimate of drug-likeness (QED) is 0.228. The summed E-state index contributed by atoms with van der Waals surface area (Å²) in [6.45, 7) is 0.396. The van der Waals surface area contributed by atoms with E-state index in [0.717, 1.165) is 23.4 Å². The van der Waals surface area contributed by atoms with Crippen LogP contribution in [0.2, 0.25) is 0 Å². The summed E-state index contributed by atoms with van der Waals surface area (Å²) in [6, 6.07) is 11.2. The third kappa shape index (κ3) is 5.13. The van der Waals surface area contributed by atoms with Crippen molar-refractivity contribution in [2.45, 2.75) is 19.6 Å². The number of aromatic nitrogens is 5. The first kappa shape index (κ1) is 23.7. The molecule has 0 aliphatic heterocycles. The van der Waals surface area contributed by atoms with Crippen LogP contribution in [-0.4, -0.2) is 32.0 Å². The Hall–Kier alpha value is -4.06. The molecule has 2 aromatic carbocycles. The zero-order chi connectivity index (χ0) is 25.1. The van der Waals surface area contributed by atoms with Gasteiger partial charge in [0.05, 0.1) is 23.8 Å². The third-order valence-electron chi connectivity index (χ3n) is 5.30. The van der Waals surface area contributed by atoms with Crippen LogP contribution in [0.1, 0.15) is 22.8 Å². The van der Waals surface area contributed by atoms with Gasteiger partial charge in [-0.2, -0.15) is 0 Å². The minimum Gasteiger partial charge on any atom is -0.497 e. The fraction of sp³-hybridized carbons (Fsp3) is 0.167. The average Bonchev–Trinajstić information content (AvgIpc) is 3.64. The highest BCUT2D eigenvalue weighted by molar-refractivity contribution is 9.10. The summed E-state index contributed by atoms with van der Waals surface area (Å²) in [4.78, 5) is 4.13. The second kappa shape index (κ2) is 10.3. The van der Waals surface area contributed by atoms with Gasteiger partial charge in [0.25, 0.3) is 5.88 Å². The van der Waals surface area contributed by atoms with Gasteiger partial charge in [0, 0.05) is 6.42 Å². The van der Waals surface area contributed by atoms with Gasteiger partial charge in [-0.25, -0.2) is 13.8 Å². The summed E-state index contributed by atoms with van der Waals surface area (Å²) in [6.07, 6.45) is 2.91. The van der Waals surface area contributed by atoms with Gasteiger partial charge in [0.15, 0.2) is 0 Å². The van der Waals surface area contributed by atoms with E-state index >= 15 is 0 Å². The Kier molecular flexibility index (Phi) is 6.76. The van der Waals surface area contributed by atoms with Crippen LogP contribution in [-0.2, 0) is 19.6 Å². The minimum atomic E-state index is -0.584. The maximum Gasteiger partial charge on any atom is 0.255 e. The van der Waals surface area contributed by atoms with Crippen molar-refractivity contribution in [3.63, 3.8) is 0 Å². The van der Waals surface area contributed by atoms with E-state index in [0.29, 0.717) is 17.5 Å². The fourth-order valence-electron chi connectivity index (χ4n) is 3.46. The Morgan fingerprint density at radius 3 is 2.64 bits per heavy atom. The van der Waals surface area contributed by atoms with Gasteiger partial charge >= 0.3 is 0 Å². The van der Waals surface area contributed by atoms with Crippen molar-refractivity contribution in [1.29, 1.82) is 0 Å². The van der Waals surface area contributed by atoms with Gasteiger partial charge in [0.2, 0.25) is 17.5 Å². The standard InChI is InChI=1S/C24H18BrF2N5O4/c1-33-16-4-2-14(3-5-16)13-35-22-11-20(36-31-22)24-30-29-21(32(24)12-23-28-6-7-34-23)9-15-8-19(27)17(25)10-18(15)26/h2-8,10-11H,9,12-13H2,1H3. The van der Waals surface area contributed by atoms with Crippen LogP contribution < -0.4 is 9.47 Å². The number of halogens is 3. The van der Waals surface area contributed by atoms with Gasteiger partial charge in [-0.05, 0) is 56.5 Å². The Bertz CT molecular complexity index is 1470. The van der Waals surface area contributed by atoms with Crippen molar-refractivity contribution in [2.24, 2.45) is 0 Å². The van der Waals surface area contributed by atoms with Crippen LogP contribution in [0, 0.1) is 11.6 Å². The van der Waals surface area contributed by atoms with E-state index in [2.05, 4.69) is 36.3 Å². The van der Waals surface area contributed by atoms with Gasteiger partial charge < -0.3 is 18.4 Å². The molecule has 0 aliphatic rings. The molecular formula is C24H18BrF2N5O4. The second-order valence-corrected chi connectivity index (χ2v) is 8.51. The van der Waals surface area contributed by atoms with Crippen LogP contribution in [0.5, 0.6) is 11.6 Å². The molecule has 3 heterocycles. The third-order valence-corrected chi connectivity index (χ3v) is 5.90. The lowest BCUT2D eigenvalue weighted by Gasteiger charge is -2.08. The van der Waals surface area contributed by atoms with E-state index in [1.54, 1.807) is 17.7 Å². The summed E-state index contributed by atoms with van der Waals surface area (Å²) in [7, 11) is 1.60. The normalized spacial score (nSPS) is 11.1. The first-order valence-electron chi connectivity index (χ1n) is 10.7. The molecule has 184 valence electrons. The van der Waals surface area contributed by atoms with Crippen LogP contribution in [0.3, 0.4) is 0 Å². The second-order valence-electron chi connectivity index (χ2n) is 7.65. The van der Waals surface area contributed by atoms with Gasteiger partial charge in [-0.3, -0.25) is 4.57 Å². The smallest absolute Gasteiger partial charge is 0.255 e. The molecule has 0 atom stereocenters. The Morgan fingerprint density at radius 1 is 1.06 bits per heavy atom. The predicted octanol–water partition coefficient (Wildman–Crippen LogP) is 5.19. The molecule has 0 fully saturated rings. The molecule has 3 aromatic heterocycles. The molecular weight excluding hydrogens is 540 g/mol. The SMILES string of the molecule is COc1ccc(COc2cc(-c3nnc(Cc4cc(F)c(Br)cc4F)n3Cc3ncco3)on2)cc1. The number of hydrogen-bond donors (Lipinski definition) is 0. The zero-order valence-corrected chi connectivity index (χ0v) is 20.4. The maximum atomic E-state index is 14.5. The highest BCUT2D eigenvalue weighted by atomic mass is 79.9. The van der Waals surface area contributed by atoms with Crippen LogP contribution in [0.15, 0.2) is 68.3 Å². The summed E-state index contributed by atoms with van der Waals surface area (Å²) in [5.41, 5.74) is 1.03. The molecule has 9 nitrogen and oxygen atoms in total. The first-order valence-corrected chi connectivity index (χ1v) is 11.5. The summed E-state index contributed by atoms with van der Waals surface area (Å²) < 4.78 is 51.9. The van der Waals surface area contributed by atoms with E-state index in [4.69, 9.17) is 18.4 Å². The lowest BCUT2D eigenvalue weighted by molar-refractivity contribution is 0.270. The van der Waals surface area contributed by atoms with Crippen molar-refractivity contribution in [2.75, 3.05) is 7.11 Å². The van der Waals surface area contributed by atoms with Crippen molar-refractivity contribution < 1.29 is 27.2 Å². The van der Waals surface area contributed by atoms with Crippen molar-refractivity contribution in [3.8, 4) is 23.2 Å². The molecule has 0 saturated heterocycles. The summed E-state index contributed by atoms with van der Waals surface area (Å²) in [5, 5.41) is 12.3. The molecule has 36 heavy (non-hydrogen) atoms. The number of nitrogens with zero attached hydrogens (tertiary/aromatic N) is 5. The molecule has 0 radical (unpaired) electrons. The Morgan fingerprint density at radius 2 is 1.89 bits per heavy atom. The van der Waals surface area contributed by atoms with E-state index in [9.17, 15) is 8.78 Å². The number of hydrogen-bond acceptors (Lipinski definition) is 8. The first-order chi connectivity index (χ1) is 17.5. The number of oxazole rings is 1. The van der Waals surface area contributed by atoms with Gasteiger partial charge in [-0.1, -0.05) is 12.1 Å². The van der Waals surface area contributed by atoms with Crippen molar-refractivity contribution in [3.05, 3.63) is 93.9 Å². The lowest BCUT2D eigenvalue weighted by atomic mass is 10.1. The van der Waals surface area contributed by atoms with Crippen molar-refractivity contribution >= 4 is 15.9 Å². The monoisotopic (exact) mass is 557 g/mol. The Labute approximate surface area is 211 Å². The molecule has 0 aliphatic carbocycles. The van der Waals surface area contributed by atoms with E-state index in [1.807, 2.05) is 24.3 Å². The molecule has 12 heteroatoms.